The third kappa shape index (κ3) is 7.03. The maximum absolute atomic E-state index is 12.9. The number of nitrogens with one attached hydrogen (secondary N) is 1. The van der Waals surface area contributed by atoms with Gasteiger partial charge in [-0.3, -0.25) is 14.5 Å². The van der Waals surface area contributed by atoms with E-state index in [9.17, 15) is 9.59 Å². The van der Waals surface area contributed by atoms with Crippen LogP contribution in [0.25, 0.3) is 11.1 Å². The SMILES string of the molecule is CN1C(C)(C)CC(C(=O)OCCc2ccc(-c3ccc(CCOC(=O)C4CC(C)(C)NC4(C)C)cc3)cc2)C1(C)C. The van der Waals surface area contributed by atoms with Crippen LogP contribution in [0.2, 0.25) is 0 Å². The molecule has 6 heteroatoms. The third-order valence-corrected chi connectivity index (χ3v) is 9.66. The molecule has 41 heavy (non-hydrogen) atoms. The molecule has 2 aromatic carbocycles. The number of rotatable bonds is 9. The number of likely N-dealkylation sites (tertiary alicyclic amines) is 1. The Morgan fingerprint density at radius 1 is 0.732 bits per heavy atom. The van der Waals surface area contributed by atoms with Gasteiger partial charge in [-0.2, -0.15) is 0 Å². The number of hydrogen-bond donors (Lipinski definition) is 1. The molecule has 0 amide bonds. The summed E-state index contributed by atoms with van der Waals surface area (Å²) in [6.45, 7) is 17.8. The van der Waals surface area contributed by atoms with Crippen molar-refractivity contribution in [3.63, 3.8) is 0 Å². The van der Waals surface area contributed by atoms with Gasteiger partial charge >= 0.3 is 11.9 Å². The molecule has 0 saturated carbocycles. The highest BCUT2D eigenvalue weighted by Crippen LogP contribution is 2.44. The molecular weight excluding hydrogens is 512 g/mol. The second kappa shape index (κ2) is 11.5. The maximum atomic E-state index is 12.9. The third-order valence-electron chi connectivity index (χ3n) is 9.66. The first-order valence-electron chi connectivity index (χ1n) is 15.1. The highest BCUT2D eigenvalue weighted by atomic mass is 16.5. The second-order valence-corrected chi connectivity index (χ2v) is 14.5. The van der Waals surface area contributed by atoms with Crippen LogP contribution in [0.4, 0.5) is 0 Å². The van der Waals surface area contributed by atoms with Crippen LogP contribution in [-0.2, 0) is 31.9 Å². The van der Waals surface area contributed by atoms with E-state index in [1.54, 1.807) is 0 Å². The first kappa shape index (κ1) is 31.2. The molecule has 2 atom stereocenters. The molecule has 2 aliphatic rings. The number of carbonyl (C=O) groups excluding carboxylic acids is 2. The van der Waals surface area contributed by atoms with Crippen molar-refractivity contribution in [3.05, 3.63) is 59.7 Å². The first-order valence-corrected chi connectivity index (χ1v) is 15.1. The van der Waals surface area contributed by atoms with Crippen molar-refractivity contribution in [1.29, 1.82) is 0 Å². The van der Waals surface area contributed by atoms with Crippen molar-refractivity contribution in [2.24, 2.45) is 11.8 Å². The smallest absolute Gasteiger partial charge is 0.310 e. The maximum Gasteiger partial charge on any atom is 0.310 e. The highest BCUT2D eigenvalue weighted by molar-refractivity contribution is 5.75. The fourth-order valence-corrected chi connectivity index (χ4v) is 6.89. The normalized spacial score (nSPS) is 24.2. The number of esters is 2. The molecular formula is C35H50N2O4. The van der Waals surface area contributed by atoms with Crippen LogP contribution in [0.5, 0.6) is 0 Å². The summed E-state index contributed by atoms with van der Waals surface area (Å²) in [5.74, 6) is -0.464. The predicted molar refractivity (Wildman–Crippen MR) is 165 cm³/mol. The van der Waals surface area contributed by atoms with Crippen LogP contribution in [0.1, 0.15) is 79.4 Å². The Labute approximate surface area is 247 Å². The van der Waals surface area contributed by atoms with Gasteiger partial charge in [0, 0.05) is 35.0 Å². The Balaban J connectivity index is 1.23. The number of nitrogens with zero attached hydrogens (tertiary/aromatic N) is 1. The van der Waals surface area contributed by atoms with Crippen LogP contribution < -0.4 is 5.32 Å². The number of carbonyl (C=O) groups is 2. The van der Waals surface area contributed by atoms with Gasteiger partial charge in [-0.1, -0.05) is 48.5 Å². The van der Waals surface area contributed by atoms with E-state index in [-0.39, 0.29) is 45.9 Å². The molecule has 0 radical (unpaired) electrons. The van der Waals surface area contributed by atoms with E-state index in [0.29, 0.717) is 26.1 Å². The van der Waals surface area contributed by atoms with Gasteiger partial charge in [0.2, 0.25) is 0 Å². The minimum Gasteiger partial charge on any atom is -0.465 e. The lowest BCUT2D eigenvalue weighted by atomic mass is 9.87. The summed E-state index contributed by atoms with van der Waals surface area (Å²) in [6.07, 6.45) is 2.98. The van der Waals surface area contributed by atoms with E-state index >= 15 is 0 Å². The average Bonchev–Trinajstić information content (AvgIpc) is 3.23. The summed E-state index contributed by atoms with van der Waals surface area (Å²) in [4.78, 5) is 27.9. The molecule has 2 unspecified atom stereocenters. The van der Waals surface area contributed by atoms with Crippen molar-refractivity contribution >= 4 is 11.9 Å². The van der Waals surface area contributed by atoms with Gasteiger partial charge in [0.25, 0.3) is 0 Å². The summed E-state index contributed by atoms with van der Waals surface area (Å²) in [6, 6.07) is 16.9. The van der Waals surface area contributed by atoms with Gasteiger partial charge in [-0.25, -0.2) is 0 Å². The molecule has 0 aliphatic carbocycles. The molecule has 224 valence electrons. The molecule has 2 fully saturated rings. The molecule has 2 aromatic rings. The number of ether oxygens (including phenoxy) is 2. The Kier molecular flexibility index (Phi) is 8.78. The second-order valence-electron chi connectivity index (χ2n) is 14.5. The van der Waals surface area contributed by atoms with E-state index in [2.05, 4.69) is 121 Å². The van der Waals surface area contributed by atoms with Gasteiger partial charge in [0.15, 0.2) is 0 Å². The minimum absolute atomic E-state index is 0.0178. The monoisotopic (exact) mass is 562 g/mol. The Bertz CT molecular complexity index is 1230. The Morgan fingerprint density at radius 2 is 1.17 bits per heavy atom. The van der Waals surface area contributed by atoms with Crippen LogP contribution >= 0.6 is 0 Å². The van der Waals surface area contributed by atoms with Crippen molar-refractivity contribution in [2.45, 2.75) is 103 Å². The molecule has 4 rings (SSSR count). The van der Waals surface area contributed by atoms with Crippen molar-refractivity contribution in [1.82, 2.24) is 10.2 Å². The van der Waals surface area contributed by atoms with Crippen LogP contribution in [0, 0.1) is 11.8 Å². The Hall–Kier alpha value is -2.70. The molecule has 6 nitrogen and oxygen atoms in total. The fourth-order valence-electron chi connectivity index (χ4n) is 6.89. The van der Waals surface area contributed by atoms with E-state index in [1.165, 1.54) is 0 Å². The van der Waals surface area contributed by atoms with E-state index < -0.39 is 0 Å². The van der Waals surface area contributed by atoms with Crippen LogP contribution in [-0.4, -0.2) is 59.3 Å². The molecule has 1 N–H and O–H groups in total. The van der Waals surface area contributed by atoms with Gasteiger partial charge < -0.3 is 14.8 Å². The standard InChI is InChI=1S/C35H50N2O4/c1-32(2)22-28(34(5,6)36-32)30(38)40-20-18-24-10-14-26(15-11-24)27-16-12-25(13-17-27)19-21-41-31(39)29-23-33(3,4)37(9)35(29,7)8/h10-17,28-29,36H,18-23H2,1-9H3. The molecule has 2 aliphatic heterocycles. The van der Waals surface area contributed by atoms with Crippen molar-refractivity contribution < 1.29 is 19.1 Å². The van der Waals surface area contributed by atoms with E-state index in [4.69, 9.17) is 9.47 Å². The lowest BCUT2D eigenvalue weighted by molar-refractivity contribution is -0.151. The zero-order chi connectivity index (χ0) is 30.2. The van der Waals surface area contributed by atoms with Crippen LogP contribution in [0.15, 0.2) is 48.5 Å². The van der Waals surface area contributed by atoms with Gasteiger partial charge in [-0.15, -0.1) is 0 Å². The Morgan fingerprint density at radius 3 is 1.54 bits per heavy atom. The van der Waals surface area contributed by atoms with E-state index in [1.807, 2.05) is 0 Å². The van der Waals surface area contributed by atoms with Crippen LogP contribution in [0.3, 0.4) is 0 Å². The summed E-state index contributed by atoms with van der Waals surface area (Å²) in [5.41, 5.74) is 4.01. The topological polar surface area (TPSA) is 67.9 Å². The zero-order valence-electron chi connectivity index (χ0n) is 26.6. The predicted octanol–water partition coefficient (Wildman–Crippen LogP) is 6.20. The molecule has 0 spiro atoms. The summed E-state index contributed by atoms with van der Waals surface area (Å²) in [5, 5.41) is 3.54. The summed E-state index contributed by atoms with van der Waals surface area (Å²) < 4.78 is 11.4. The summed E-state index contributed by atoms with van der Waals surface area (Å²) in [7, 11) is 2.09. The lowest BCUT2D eigenvalue weighted by Crippen LogP contribution is -2.48. The largest absolute Gasteiger partial charge is 0.465 e. The fraction of sp³-hybridized carbons (Fsp3) is 0.600. The van der Waals surface area contributed by atoms with Crippen molar-refractivity contribution in [2.75, 3.05) is 20.3 Å². The first-order chi connectivity index (χ1) is 19.0. The molecule has 0 aromatic heterocycles. The van der Waals surface area contributed by atoms with Gasteiger partial charge in [0.1, 0.15) is 0 Å². The molecule has 2 heterocycles. The number of benzene rings is 2. The average molecular weight is 563 g/mol. The molecule has 0 bridgehead atoms. The summed E-state index contributed by atoms with van der Waals surface area (Å²) >= 11 is 0. The lowest BCUT2D eigenvalue weighted by Gasteiger charge is -2.37. The quantitative estimate of drug-likeness (QED) is 0.367. The highest BCUT2D eigenvalue weighted by Gasteiger charge is 2.53. The molecule has 2 saturated heterocycles. The van der Waals surface area contributed by atoms with Crippen molar-refractivity contribution in [3.8, 4) is 11.1 Å². The van der Waals surface area contributed by atoms with Gasteiger partial charge in [-0.05, 0) is 97.5 Å². The van der Waals surface area contributed by atoms with Gasteiger partial charge in [0.05, 0.1) is 25.0 Å². The van der Waals surface area contributed by atoms with E-state index in [0.717, 1.165) is 35.1 Å². The number of hydrogen-bond acceptors (Lipinski definition) is 6. The minimum atomic E-state index is -0.260. The zero-order valence-corrected chi connectivity index (χ0v) is 26.6.